The third-order valence-corrected chi connectivity index (χ3v) is 3.98. The van der Waals surface area contributed by atoms with Gasteiger partial charge in [-0.3, -0.25) is 0 Å². The number of aromatic amines is 1. The molecule has 0 unspecified atom stereocenters. The smallest absolute Gasteiger partial charge is 0.111 e. The molecule has 1 rings (SSSR count). The standard InChI is InChI=1S/C16H30N2/c1-7-9-11-16(5,6)14-17-12-13(18-14)15(3,4)10-8-2/h12H,7-11H2,1-6H3,(H,17,18). The Kier molecular flexibility index (Phi) is 5.01. The molecule has 0 saturated carbocycles. The fourth-order valence-electron chi connectivity index (χ4n) is 2.51. The second-order valence-electron chi connectivity index (χ2n) is 6.77. The highest BCUT2D eigenvalue weighted by atomic mass is 14.9. The Bertz CT molecular complexity index is 361. The number of nitrogens with zero attached hydrogens (tertiary/aromatic N) is 1. The zero-order valence-corrected chi connectivity index (χ0v) is 13.1. The van der Waals surface area contributed by atoms with Gasteiger partial charge in [-0.05, 0) is 12.8 Å². The van der Waals surface area contributed by atoms with Gasteiger partial charge < -0.3 is 4.98 Å². The minimum Gasteiger partial charge on any atom is -0.345 e. The van der Waals surface area contributed by atoms with E-state index in [0.717, 1.165) is 5.82 Å². The molecule has 0 atom stereocenters. The van der Waals surface area contributed by atoms with Gasteiger partial charge in [-0.15, -0.1) is 0 Å². The van der Waals surface area contributed by atoms with Crippen LogP contribution in [-0.2, 0) is 10.8 Å². The Morgan fingerprint density at radius 1 is 1.00 bits per heavy atom. The Labute approximate surface area is 113 Å². The van der Waals surface area contributed by atoms with Gasteiger partial charge in [0, 0.05) is 22.7 Å². The fraction of sp³-hybridized carbons (Fsp3) is 0.812. The predicted molar refractivity (Wildman–Crippen MR) is 79.1 cm³/mol. The number of hydrogen-bond donors (Lipinski definition) is 1. The largest absolute Gasteiger partial charge is 0.345 e. The van der Waals surface area contributed by atoms with E-state index >= 15 is 0 Å². The molecule has 1 heterocycles. The summed E-state index contributed by atoms with van der Waals surface area (Å²) < 4.78 is 0. The molecular formula is C16H30N2. The molecule has 0 radical (unpaired) electrons. The topological polar surface area (TPSA) is 28.7 Å². The molecule has 0 bridgehead atoms. The molecule has 0 fully saturated rings. The van der Waals surface area contributed by atoms with Crippen molar-refractivity contribution in [2.75, 3.05) is 0 Å². The molecule has 2 heteroatoms. The highest BCUT2D eigenvalue weighted by Crippen LogP contribution is 2.31. The number of rotatable bonds is 7. The Morgan fingerprint density at radius 3 is 2.22 bits per heavy atom. The van der Waals surface area contributed by atoms with Crippen LogP contribution < -0.4 is 0 Å². The Hall–Kier alpha value is -0.790. The maximum absolute atomic E-state index is 4.63. The van der Waals surface area contributed by atoms with Crippen LogP contribution in [-0.4, -0.2) is 9.97 Å². The number of imidazole rings is 1. The summed E-state index contributed by atoms with van der Waals surface area (Å²) >= 11 is 0. The summed E-state index contributed by atoms with van der Waals surface area (Å²) in [5.41, 5.74) is 1.65. The van der Waals surface area contributed by atoms with Crippen molar-refractivity contribution in [2.24, 2.45) is 0 Å². The van der Waals surface area contributed by atoms with E-state index in [-0.39, 0.29) is 10.8 Å². The lowest BCUT2D eigenvalue weighted by Crippen LogP contribution is -2.21. The SMILES string of the molecule is CCCCC(C)(C)c1ncc(C(C)(C)CCC)[nH]1. The van der Waals surface area contributed by atoms with Crippen LogP contribution in [0.15, 0.2) is 6.20 Å². The van der Waals surface area contributed by atoms with Crippen molar-refractivity contribution in [3.05, 3.63) is 17.7 Å². The van der Waals surface area contributed by atoms with Crippen LogP contribution in [0, 0.1) is 0 Å². The summed E-state index contributed by atoms with van der Waals surface area (Å²) in [5, 5.41) is 0. The zero-order chi connectivity index (χ0) is 13.8. The van der Waals surface area contributed by atoms with Gasteiger partial charge in [-0.2, -0.15) is 0 Å². The number of nitrogens with one attached hydrogen (secondary N) is 1. The number of H-pyrrole nitrogens is 1. The second kappa shape index (κ2) is 5.90. The van der Waals surface area contributed by atoms with E-state index in [0.29, 0.717) is 0 Å². The van der Waals surface area contributed by atoms with Crippen LogP contribution >= 0.6 is 0 Å². The van der Waals surface area contributed by atoms with E-state index in [1.165, 1.54) is 37.8 Å². The molecule has 104 valence electrons. The first-order chi connectivity index (χ1) is 8.33. The quantitative estimate of drug-likeness (QED) is 0.728. The average molecular weight is 250 g/mol. The van der Waals surface area contributed by atoms with E-state index in [4.69, 9.17) is 0 Å². The summed E-state index contributed by atoms with van der Waals surface area (Å²) in [6.45, 7) is 13.7. The van der Waals surface area contributed by atoms with Crippen LogP contribution in [0.1, 0.15) is 85.2 Å². The first-order valence-corrected chi connectivity index (χ1v) is 7.39. The van der Waals surface area contributed by atoms with Crippen molar-refractivity contribution in [1.29, 1.82) is 0 Å². The van der Waals surface area contributed by atoms with E-state index in [1.54, 1.807) is 0 Å². The highest BCUT2D eigenvalue weighted by Gasteiger charge is 2.27. The number of hydrogen-bond acceptors (Lipinski definition) is 1. The van der Waals surface area contributed by atoms with Crippen molar-refractivity contribution >= 4 is 0 Å². The maximum Gasteiger partial charge on any atom is 0.111 e. The van der Waals surface area contributed by atoms with E-state index in [2.05, 4.69) is 51.5 Å². The molecule has 1 N–H and O–H groups in total. The molecule has 0 amide bonds. The van der Waals surface area contributed by atoms with Crippen molar-refractivity contribution < 1.29 is 0 Å². The lowest BCUT2D eigenvalue weighted by Gasteiger charge is -2.24. The van der Waals surface area contributed by atoms with Crippen LogP contribution in [0.3, 0.4) is 0 Å². The summed E-state index contributed by atoms with van der Waals surface area (Å²) in [4.78, 5) is 8.21. The summed E-state index contributed by atoms with van der Waals surface area (Å²) in [6.07, 6.45) is 8.16. The van der Waals surface area contributed by atoms with Crippen molar-refractivity contribution in [3.63, 3.8) is 0 Å². The van der Waals surface area contributed by atoms with Gasteiger partial charge >= 0.3 is 0 Å². The van der Waals surface area contributed by atoms with Gasteiger partial charge in [0.05, 0.1) is 0 Å². The second-order valence-corrected chi connectivity index (χ2v) is 6.77. The van der Waals surface area contributed by atoms with Gasteiger partial charge in [0.25, 0.3) is 0 Å². The summed E-state index contributed by atoms with van der Waals surface area (Å²) in [5.74, 6) is 1.15. The normalized spacial score (nSPS) is 13.0. The van der Waals surface area contributed by atoms with Gasteiger partial charge in [-0.25, -0.2) is 4.98 Å². The van der Waals surface area contributed by atoms with Crippen molar-refractivity contribution in [3.8, 4) is 0 Å². The van der Waals surface area contributed by atoms with Crippen LogP contribution in [0.5, 0.6) is 0 Å². The predicted octanol–water partition coefficient (Wildman–Crippen LogP) is 4.96. The molecule has 0 saturated heterocycles. The summed E-state index contributed by atoms with van der Waals surface area (Å²) in [7, 11) is 0. The van der Waals surface area contributed by atoms with E-state index < -0.39 is 0 Å². The Morgan fingerprint density at radius 2 is 1.67 bits per heavy atom. The lowest BCUT2D eigenvalue weighted by atomic mass is 9.84. The van der Waals surface area contributed by atoms with Crippen LogP contribution in [0.2, 0.25) is 0 Å². The fourth-order valence-corrected chi connectivity index (χ4v) is 2.51. The molecule has 0 aliphatic carbocycles. The van der Waals surface area contributed by atoms with E-state index in [9.17, 15) is 0 Å². The first kappa shape index (κ1) is 15.3. The molecular weight excluding hydrogens is 220 g/mol. The first-order valence-electron chi connectivity index (χ1n) is 7.39. The van der Waals surface area contributed by atoms with Gasteiger partial charge in [0.1, 0.15) is 5.82 Å². The molecule has 0 aliphatic rings. The lowest BCUT2D eigenvalue weighted by molar-refractivity contribution is 0.426. The monoisotopic (exact) mass is 250 g/mol. The zero-order valence-electron chi connectivity index (χ0n) is 13.1. The molecule has 0 spiro atoms. The third kappa shape index (κ3) is 3.60. The van der Waals surface area contributed by atoms with E-state index in [1.807, 2.05) is 6.20 Å². The third-order valence-electron chi connectivity index (χ3n) is 3.98. The molecule has 1 aromatic heterocycles. The van der Waals surface area contributed by atoms with Gasteiger partial charge in [0.2, 0.25) is 0 Å². The molecule has 18 heavy (non-hydrogen) atoms. The molecule has 0 aromatic carbocycles. The summed E-state index contributed by atoms with van der Waals surface area (Å²) in [6, 6.07) is 0. The molecule has 2 nitrogen and oxygen atoms in total. The number of unbranched alkanes of at least 4 members (excludes halogenated alkanes) is 1. The van der Waals surface area contributed by atoms with Crippen molar-refractivity contribution in [2.45, 2.75) is 84.5 Å². The highest BCUT2D eigenvalue weighted by molar-refractivity contribution is 5.16. The van der Waals surface area contributed by atoms with Crippen LogP contribution in [0.25, 0.3) is 0 Å². The van der Waals surface area contributed by atoms with Crippen LogP contribution in [0.4, 0.5) is 0 Å². The van der Waals surface area contributed by atoms with Gasteiger partial charge in [-0.1, -0.05) is 60.8 Å². The number of aromatic nitrogens is 2. The molecule has 1 aromatic rings. The minimum atomic E-state index is 0.163. The minimum absolute atomic E-state index is 0.163. The van der Waals surface area contributed by atoms with Crippen molar-refractivity contribution in [1.82, 2.24) is 9.97 Å². The Balaban J connectivity index is 2.85. The maximum atomic E-state index is 4.63. The average Bonchev–Trinajstić information content (AvgIpc) is 2.77. The molecule has 0 aliphatic heterocycles. The van der Waals surface area contributed by atoms with Gasteiger partial charge in [0.15, 0.2) is 0 Å².